The monoisotopic (exact) mass is 366 g/mol. The maximum Gasteiger partial charge on any atom is 0.286 e. The second-order valence-corrected chi connectivity index (χ2v) is 6.96. The third kappa shape index (κ3) is 4.05. The van der Waals surface area contributed by atoms with Gasteiger partial charge in [-0.1, -0.05) is 30.3 Å². The molecule has 2 aromatic rings. The lowest BCUT2D eigenvalue weighted by atomic mass is 9.82. The Morgan fingerprint density at radius 1 is 1.19 bits per heavy atom. The Balaban J connectivity index is 1.35. The Morgan fingerprint density at radius 2 is 2.04 bits per heavy atom. The average Bonchev–Trinajstić information content (AvgIpc) is 3.21. The molecule has 2 heterocycles. The molecule has 1 saturated heterocycles. The van der Waals surface area contributed by atoms with Gasteiger partial charge in [0.2, 0.25) is 5.91 Å². The van der Waals surface area contributed by atoms with E-state index in [2.05, 4.69) is 10.6 Å². The van der Waals surface area contributed by atoms with Crippen LogP contribution >= 0.6 is 0 Å². The van der Waals surface area contributed by atoms with Crippen LogP contribution in [-0.2, 0) is 20.9 Å². The van der Waals surface area contributed by atoms with Gasteiger partial charge in [-0.05, 0) is 43.0 Å². The number of nitrogens with one attached hydrogen (secondary N) is 2. The van der Waals surface area contributed by atoms with Gasteiger partial charge in [-0.3, -0.25) is 9.59 Å². The molecular formula is C21H22N2O4. The molecule has 1 aromatic heterocycles. The van der Waals surface area contributed by atoms with Crippen molar-refractivity contribution in [2.75, 3.05) is 0 Å². The minimum absolute atomic E-state index is 0.00952. The lowest BCUT2D eigenvalue weighted by molar-refractivity contribution is -0.135. The van der Waals surface area contributed by atoms with Crippen LogP contribution in [0.5, 0.6) is 0 Å². The zero-order valence-corrected chi connectivity index (χ0v) is 14.9. The van der Waals surface area contributed by atoms with Crippen LogP contribution in [0.1, 0.15) is 30.6 Å². The quantitative estimate of drug-likeness (QED) is 0.815. The number of morpholine rings is 1. The molecule has 1 aliphatic heterocycles. The Kier molecular flexibility index (Phi) is 4.96. The molecule has 1 aromatic carbocycles. The van der Waals surface area contributed by atoms with E-state index in [9.17, 15) is 9.59 Å². The van der Waals surface area contributed by atoms with Crippen molar-refractivity contribution in [3.63, 3.8) is 0 Å². The van der Waals surface area contributed by atoms with E-state index in [1.165, 1.54) is 0 Å². The predicted molar refractivity (Wildman–Crippen MR) is 99.1 cm³/mol. The van der Waals surface area contributed by atoms with Gasteiger partial charge < -0.3 is 19.8 Å². The van der Waals surface area contributed by atoms with Gasteiger partial charge in [0.15, 0.2) is 5.76 Å². The first-order valence-corrected chi connectivity index (χ1v) is 9.23. The van der Waals surface area contributed by atoms with E-state index in [4.69, 9.17) is 9.15 Å². The molecule has 2 N–H and O–H groups in total. The second kappa shape index (κ2) is 7.70. The maximum absolute atomic E-state index is 12.4. The SMILES string of the molecule is O=C1NC2CC(C(=O)NCc3ccco3)CCC2O/C1=C\c1ccccc1. The molecule has 2 aliphatic rings. The van der Waals surface area contributed by atoms with Gasteiger partial charge in [0.05, 0.1) is 18.8 Å². The minimum Gasteiger partial charge on any atom is -0.483 e. The van der Waals surface area contributed by atoms with Gasteiger partial charge in [-0.25, -0.2) is 0 Å². The van der Waals surface area contributed by atoms with Crippen LogP contribution in [0.25, 0.3) is 6.08 Å². The van der Waals surface area contributed by atoms with Gasteiger partial charge >= 0.3 is 0 Å². The molecule has 0 spiro atoms. The Labute approximate surface area is 157 Å². The highest BCUT2D eigenvalue weighted by atomic mass is 16.5. The minimum atomic E-state index is -0.225. The van der Waals surface area contributed by atoms with E-state index in [1.54, 1.807) is 18.4 Å². The molecule has 140 valence electrons. The summed E-state index contributed by atoms with van der Waals surface area (Å²) in [6, 6.07) is 13.1. The molecule has 6 heteroatoms. The molecule has 2 amide bonds. The van der Waals surface area contributed by atoms with Crippen LogP contribution in [0.2, 0.25) is 0 Å². The summed E-state index contributed by atoms with van der Waals surface area (Å²) in [6.07, 6.45) is 5.30. The summed E-state index contributed by atoms with van der Waals surface area (Å²) in [7, 11) is 0. The van der Waals surface area contributed by atoms with Crippen LogP contribution in [0.4, 0.5) is 0 Å². The topological polar surface area (TPSA) is 80.6 Å². The fraction of sp³-hybridized carbons (Fsp3) is 0.333. The summed E-state index contributed by atoms with van der Waals surface area (Å²) in [4.78, 5) is 24.8. The van der Waals surface area contributed by atoms with Gasteiger partial charge in [0, 0.05) is 5.92 Å². The summed E-state index contributed by atoms with van der Waals surface area (Å²) in [6.45, 7) is 0.378. The van der Waals surface area contributed by atoms with E-state index in [0.717, 1.165) is 24.2 Å². The number of furan rings is 1. The molecule has 27 heavy (non-hydrogen) atoms. The third-order valence-electron chi connectivity index (χ3n) is 5.09. The standard InChI is InChI=1S/C21H22N2O4/c24-20(22-13-16-7-4-10-26-16)15-8-9-18-17(12-15)23-21(25)19(27-18)11-14-5-2-1-3-6-14/h1-7,10-11,15,17-18H,8-9,12-13H2,(H,22,24)(H,23,25)/b19-11-. The molecule has 3 unspecified atom stereocenters. The van der Waals surface area contributed by atoms with E-state index in [1.807, 2.05) is 36.4 Å². The van der Waals surface area contributed by atoms with E-state index in [0.29, 0.717) is 18.7 Å². The van der Waals surface area contributed by atoms with Crippen molar-refractivity contribution in [2.24, 2.45) is 5.92 Å². The summed E-state index contributed by atoms with van der Waals surface area (Å²) in [5.41, 5.74) is 0.923. The molecule has 1 aliphatic carbocycles. The van der Waals surface area contributed by atoms with Crippen LogP contribution in [0.15, 0.2) is 58.9 Å². The van der Waals surface area contributed by atoms with Crippen molar-refractivity contribution in [3.05, 3.63) is 65.8 Å². The highest BCUT2D eigenvalue weighted by Gasteiger charge is 2.40. The molecular weight excluding hydrogens is 344 g/mol. The first kappa shape index (κ1) is 17.4. The number of hydrogen-bond donors (Lipinski definition) is 2. The highest BCUT2D eigenvalue weighted by Crippen LogP contribution is 2.31. The average molecular weight is 366 g/mol. The highest BCUT2D eigenvalue weighted by molar-refractivity contribution is 5.96. The number of fused-ring (bicyclic) bond motifs is 1. The Morgan fingerprint density at radius 3 is 2.81 bits per heavy atom. The summed E-state index contributed by atoms with van der Waals surface area (Å²) >= 11 is 0. The Hall–Kier alpha value is -3.02. The summed E-state index contributed by atoms with van der Waals surface area (Å²) in [5.74, 6) is 0.691. The fourth-order valence-electron chi connectivity index (χ4n) is 3.66. The number of amides is 2. The van der Waals surface area contributed by atoms with Crippen molar-refractivity contribution >= 4 is 17.9 Å². The second-order valence-electron chi connectivity index (χ2n) is 6.96. The van der Waals surface area contributed by atoms with Crippen molar-refractivity contribution < 1.29 is 18.7 Å². The molecule has 0 radical (unpaired) electrons. The Bertz CT molecular complexity index is 829. The normalized spacial score (nSPS) is 26.0. The molecule has 3 atom stereocenters. The number of rotatable bonds is 4. The number of ether oxygens (including phenoxy) is 1. The molecule has 2 fully saturated rings. The van der Waals surface area contributed by atoms with E-state index in [-0.39, 0.29) is 29.9 Å². The van der Waals surface area contributed by atoms with Crippen LogP contribution in [0.3, 0.4) is 0 Å². The van der Waals surface area contributed by atoms with Gasteiger partial charge in [0.25, 0.3) is 5.91 Å². The van der Waals surface area contributed by atoms with Crippen molar-refractivity contribution in [2.45, 2.75) is 38.0 Å². The van der Waals surface area contributed by atoms with Crippen molar-refractivity contribution in [1.29, 1.82) is 0 Å². The number of benzene rings is 1. The van der Waals surface area contributed by atoms with Gasteiger partial charge in [-0.15, -0.1) is 0 Å². The zero-order chi connectivity index (χ0) is 18.6. The number of carbonyl (C=O) groups is 2. The largest absolute Gasteiger partial charge is 0.483 e. The summed E-state index contributed by atoms with van der Waals surface area (Å²) < 4.78 is 11.2. The lowest BCUT2D eigenvalue weighted by Gasteiger charge is -2.39. The molecule has 4 rings (SSSR count). The van der Waals surface area contributed by atoms with Crippen LogP contribution in [-0.4, -0.2) is 24.0 Å². The molecule has 0 bridgehead atoms. The van der Waals surface area contributed by atoms with Gasteiger partial charge in [0.1, 0.15) is 11.9 Å². The lowest BCUT2D eigenvalue weighted by Crippen LogP contribution is -2.54. The van der Waals surface area contributed by atoms with Crippen LogP contribution < -0.4 is 10.6 Å². The fourth-order valence-corrected chi connectivity index (χ4v) is 3.66. The summed E-state index contributed by atoms with van der Waals surface area (Å²) in [5, 5.41) is 5.92. The molecule has 1 saturated carbocycles. The predicted octanol–water partition coefficient (Wildman–Crippen LogP) is 2.62. The van der Waals surface area contributed by atoms with Crippen LogP contribution in [0, 0.1) is 5.92 Å². The van der Waals surface area contributed by atoms with E-state index >= 15 is 0 Å². The zero-order valence-electron chi connectivity index (χ0n) is 14.9. The number of carbonyl (C=O) groups excluding carboxylic acids is 2. The third-order valence-corrected chi connectivity index (χ3v) is 5.09. The first-order valence-electron chi connectivity index (χ1n) is 9.23. The van der Waals surface area contributed by atoms with Crippen molar-refractivity contribution in [3.8, 4) is 0 Å². The van der Waals surface area contributed by atoms with E-state index < -0.39 is 0 Å². The van der Waals surface area contributed by atoms with Gasteiger partial charge in [-0.2, -0.15) is 0 Å². The maximum atomic E-state index is 12.4. The molecule has 6 nitrogen and oxygen atoms in total. The van der Waals surface area contributed by atoms with Crippen molar-refractivity contribution in [1.82, 2.24) is 10.6 Å². The smallest absolute Gasteiger partial charge is 0.286 e. The first-order chi connectivity index (χ1) is 13.2. The number of hydrogen-bond acceptors (Lipinski definition) is 4.